The second-order valence-corrected chi connectivity index (χ2v) is 7.93. The van der Waals surface area contributed by atoms with Crippen LogP contribution in [0.3, 0.4) is 0 Å². The van der Waals surface area contributed by atoms with Crippen molar-refractivity contribution in [1.82, 2.24) is 4.90 Å². The van der Waals surface area contributed by atoms with E-state index < -0.39 is 5.97 Å². The first-order valence-corrected chi connectivity index (χ1v) is 10.8. The number of ether oxygens (including phenoxy) is 2. The molecular formula is C25H35N3O4. The lowest BCUT2D eigenvalue weighted by Gasteiger charge is -2.29. The highest BCUT2D eigenvalue weighted by Gasteiger charge is 2.34. The Kier molecular flexibility index (Phi) is 10.0. The quantitative estimate of drug-likeness (QED) is 0.640. The number of methoxy groups -OCH3 is 2. The molecule has 3 N–H and O–H groups in total. The van der Waals surface area contributed by atoms with Crippen molar-refractivity contribution in [2.45, 2.75) is 31.7 Å². The first-order chi connectivity index (χ1) is 15.4. The number of rotatable bonds is 4. The molecule has 2 aromatic carbocycles. The Bertz CT molecular complexity index is 847. The van der Waals surface area contributed by atoms with Gasteiger partial charge in [-0.15, -0.1) is 0 Å². The van der Waals surface area contributed by atoms with Gasteiger partial charge in [-0.2, -0.15) is 0 Å². The summed E-state index contributed by atoms with van der Waals surface area (Å²) in [6.07, 6.45) is 4.75. The van der Waals surface area contributed by atoms with Crippen LogP contribution in [0.2, 0.25) is 0 Å². The molecule has 7 nitrogen and oxygen atoms in total. The minimum atomic E-state index is -0.896. The number of aromatic carboxylic acids is 1. The largest absolute Gasteiger partial charge is 0.493 e. The molecule has 1 saturated heterocycles. The first-order valence-electron chi connectivity index (χ1n) is 10.8. The van der Waals surface area contributed by atoms with Gasteiger partial charge in [0.05, 0.1) is 19.8 Å². The number of nitrogens with one attached hydrogen (secondary N) is 2. The van der Waals surface area contributed by atoms with E-state index in [9.17, 15) is 4.79 Å². The molecular weight excluding hydrogens is 406 g/mol. The summed E-state index contributed by atoms with van der Waals surface area (Å²) in [5, 5.41) is 19.0. The summed E-state index contributed by atoms with van der Waals surface area (Å²) in [4.78, 5) is 12.8. The number of para-hydroxylation sites is 2. The van der Waals surface area contributed by atoms with Crippen molar-refractivity contribution in [3.63, 3.8) is 0 Å². The van der Waals surface area contributed by atoms with Gasteiger partial charge < -0.3 is 30.2 Å². The summed E-state index contributed by atoms with van der Waals surface area (Å²) in [7, 11) is 7.23. The predicted octanol–water partition coefficient (Wildman–Crippen LogP) is 4.64. The average molecular weight is 442 g/mol. The normalized spacial score (nSPS) is 19.4. The van der Waals surface area contributed by atoms with E-state index in [0.717, 1.165) is 47.7 Å². The Morgan fingerprint density at radius 2 is 1.66 bits per heavy atom. The third-order valence-electron chi connectivity index (χ3n) is 5.94. The minimum absolute atomic E-state index is 0.309. The van der Waals surface area contributed by atoms with Gasteiger partial charge in [-0.3, -0.25) is 0 Å². The fraction of sp³-hybridized carbons (Fsp3) is 0.440. The molecule has 32 heavy (non-hydrogen) atoms. The molecule has 0 aromatic heterocycles. The number of anilines is 1. The van der Waals surface area contributed by atoms with Crippen LogP contribution in [0.25, 0.3) is 0 Å². The maximum absolute atomic E-state index is 10.4. The molecule has 2 atom stereocenters. The zero-order valence-electron chi connectivity index (χ0n) is 19.4. The van der Waals surface area contributed by atoms with Crippen molar-refractivity contribution in [1.29, 1.82) is 5.41 Å². The molecule has 7 heteroatoms. The van der Waals surface area contributed by atoms with Crippen LogP contribution in [0.4, 0.5) is 5.69 Å². The monoisotopic (exact) mass is 441 g/mol. The second kappa shape index (κ2) is 12.7. The molecule has 2 aliphatic rings. The topological polar surface area (TPSA) is 94.9 Å². The standard InChI is InChI=1S/C9H16N2.C8H9NO2.C8H10O2/c1-11-5-4-7-2-3-8(10)6-9(7)11;1-9-7-4-2-6(3-5-7)8(10)11;1-9-7-5-3-4-6-8(7)10-2/h7,9-10H,2-6H2,1H3;2-5,9H,1H3,(H,10,11);3-6H,1-2H3. The lowest BCUT2D eigenvalue weighted by atomic mass is 9.84. The number of benzene rings is 2. The van der Waals surface area contributed by atoms with Crippen LogP contribution in [-0.4, -0.2) is 62.6 Å². The Labute approximate surface area is 190 Å². The van der Waals surface area contributed by atoms with Gasteiger partial charge in [-0.1, -0.05) is 12.1 Å². The molecule has 2 fully saturated rings. The van der Waals surface area contributed by atoms with Gasteiger partial charge in [0.1, 0.15) is 0 Å². The van der Waals surface area contributed by atoms with Crippen molar-refractivity contribution in [3.8, 4) is 11.5 Å². The number of carboxylic acid groups (broad SMARTS) is 1. The average Bonchev–Trinajstić information content (AvgIpc) is 3.19. The molecule has 0 bridgehead atoms. The van der Waals surface area contributed by atoms with Crippen LogP contribution in [0, 0.1) is 11.3 Å². The number of likely N-dealkylation sites (tertiary alicyclic amines) is 1. The second-order valence-electron chi connectivity index (χ2n) is 7.93. The van der Waals surface area contributed by atoms with Gasteiger partial charge >= 0.3 is 5.97 Å². The molecule has 2 unspecified atom stereocenters. The molecule has 0 spiro atoms. The number of carbonyl (C=O) groups is 1. The Hall–Kier alpha value is -3.06. The molecule has 4 rings (SSSR count). The van der Waals surface area contributed by atoms with Gasteiger partial charge in [-0.05, 0) is 75.2 Å². The SMILES string of the molecule is CN1CCC2CCC(=N)CC21.CNc1ccc(C(=O)O)cc1.COc1ccccc1OC. The van der Waals surface area contributed by atoms with E-state index >= 15 is 0 Å². The minimum Gasteiger partial charge on any atom is -0.493 e. The molecule has 2 aromatic rings. The van der Waals surface area contributed by atoms with E-state index in [1.807, 2.05) is 24.3 Å². The fourth-order valence-corrected chi connectivity index (χ4v) is 4.03. The smallest absolute Gasteiger partial charge is 0.335 e. The third kappa shape index (κ3) is 7.27. The van der Waals surface area contributed by atoms with Gasteiger partial charge in [0.2, 0.25) is 0 Å². The zero-order valence-corrected chi connectivity index (χ0v) is 19.4. The summed E-state index contributed by atoms with van der Waals surface area (Å²) in [6.45, 7) is 1.25. The van der Waals surface area contributed by atoms with E-state index in [-0.39, 0.29) is 0 Å². The molecule has 174 valence electrons. The summed E-state index contributed by atoms with van der Waals surface area (Å²) in [5.74, 6) is 1.55. The maximum atomic E-state index is 10.4. The van der Waals surface area contributed by atoms with Crippen molar-refractivity contribution < 1.29 is 19.4 Å². The number of fused-ring (bicyclic) bond motifs is 1. The number of carboxylic acids is 1. The van der Waals surface area contributed by atoms with Crippen LogP contribution in [0.1, 0.15) is 36.0 Å². The lowest BCUT2D eigenvalue weighted by Crippen LogP contribution is -2.34. The third-order valence-corrected chi connectivity index (χ3v) is 5.94. The van der Waals surface area contributed by atoms with E-state index in [1.54, 1.807) is 45.5 Å². The fourth-order valence-electron chi connectivity index (χ4n) is 4.03. The highest BCUT2D eigenvalue weighted by molar-refractivity contribution is 5.88. The summed E-state index contributed by atoms with van der Waals surface area (Å²) in [6, 6.07) is 14.8. The molecule has 1 aliphatic carbocycles. The van der Waals surface area contributed by atoms with Gasteiger partial charge in [0, 0.05) is 30.9 Å². The first kappa shape index (κ1) is 25.2. The Balaban J connectivity index is 0.000000170. The number of nitrogens with zero attached hydrogens (tertiary/aromatic N) is 1. The summed E-state index contributed by atoms with van der Waals surface area (Å²) >= 11 is 0. The highest BCUT2D eigenvalue weighted by Crippen LogP contribution is 2.33. The lowest BCUT2D eigenvalue weighted by molar-refractivity contribution is 0.0697. The van der Waals surface area contributed by atoms with Crippen LogP contribution in [0.5, 0.6) is 11.5 Å². The van der Waals surface area contributed by atoms with Crippen LogP contribution < -0.4 is 14.8 Å². The Morgan fingerprint density at radius 1 is 1.06 bits per heavy atom. The maximum Gasteiger partial charge on any atom is 0.335 e. The molecule has 0 radical (unpaired) electrons. The van der Waals surface area contributed by atoms with Crippen LogP contribution in [-0.2, 0) is 0 Å². The van der Waals surface area contributed by atoms with Crippen molar-refractivity contribution in [2.75, 3.05) is 40.2 Å². The van der Waals surface area contributed by atoms with Crippen molar-refractivity contribution in [2.24, 2.45) is 5.92 Å². The van der Waals surface area contributed by atoms with Crippen molar-refractivity contribution >= 4 is 17.4 Å². The molecule has 1 aliphatic heterocycles. The van der Waals surface area contributed by atoms with Gasteiger partial charge in [0.25, 0.3) is 0 Å². The molecule has 1 saturated carbocycles. The molecule has 0 amide bonds. The van der Waals surface area contributed by atoms with Crippen LogP contribution >= 0.6 is 0 Å². The van der Waals surface area contributed by atoms with E-state index in [2.05, 4.69) is 17.3 Å². The van der Waals surface area contributed by atoms with Crippen molar-refractivity contribution in [3.05, 3.63) is 54.1 Å². The number of hydrogen-bond donors (Lipinski definition) is 3. The summed E-state index contributed by atoms with van der Waals surface area (Å²) < 4.78 is 10.0. The summed E-state index contributed by atoms with van der Waals surface area (Å²) in [5.41, 5.74) is 2.19. The van der Waals surface area contributed by atoms with E-state index in [1.165, 1.54) is 19.4 Å². The highest BCUT2D eigenvalue weighted by atomic mass is 16.5. The van der Waals surface area contributed by atoms with E-state index in [4.69, 9.17) is 20.0 Å². The zero-order chi connectivity index (χ0) is 23.5. The van der Waals surface area contributed by atoms with Crippen LogP contribution in [0.15, 0.2) is 48.5 Å². The van der Waals surface area contributed by atoms with Gasteiger partial charge in [-0.25, -0.2) is 4.79 Å². The Morgan fingerprint density at radius 3 is 2.16 bits per heavy atom. The predicted molar refractivity (Wildman–Crippen MR) is 129 cm³/mol. The molecule has 1 heterocycles. The number of hydrogen-bond acceptors (Lipinski definition) is 6. The van der Waals surface area contributed by atoms with Gasteiger partial charge in [0.15, 0.2) is 11.5 Å². The van der Waals surface area contributed by atoms with E-state index in [0.29, 0.717) is 5.56 Å².